The Kier molecular flexibility index (Phi) is 11.9. The monoisotopic (exact) mass is 518 g/mol. The minimum Gasteiger partial charge on any atom is -0.316 e. The maximum Gasteiger partial charge on any atom is 0.0395 e. The molecule has 0 aromatic rings. The van der Waals surface area contributed by atoms with Crippen molar-refractivity contribution in [2.75, 3.05) is 20.1 Å². The predicted molar refractivity (Wildman–Crippen MR) is 169 cm³/mol. The Balaban J connectivity index is 2.03. The number of nitrogens with zero attached hydrogens (tertiary/aromatic N) is 1. The minimum absolute atomic E-state index is 0.489. The highest BCUT2D eigenvalue weighted by Crippen LogP contribution is 2.55. The van der Waals surface area contributed by atoms with Gasteiger partial charge in [-0.05, 0) is 144 Å². The highest BCUT2D eigenvalue weighted by atomic mass is 14.8. The maximum atomic E-state index is 4.81. The number of rotatable bonds is 13. The molecule has 1 atom stereocenters. The number of hydrogen-bond donors (Lipinski definition) is 1. The quantitative estimate of drug-likeness (QED) is 0.111. The van der Waals surface area contributed by atoms with Crippen LogP contribution >= 0.6 is 0 Å². The molecule has 2 heteroatoms. The molecule has 0 aliphatic heterocycles. The maximum absolute atomic E-state index is 4.81. The zero-order valence-corrected chi connectivity index (χ0v) is 25.9. The SMILES string of the molecule is C=C(CCNCC(C)C)C/C(C(=C)C)=C(C(=C/C(C)C12CCC(CC1)CC2)\C1=CCCCCC1)/C(C)=N\C. The number of hydrogen-bond acceptors (Lipinski definition) is 2. The third-order valence-electron chi connectivity index (χ3n) is 9.84. The van der Waals surface area contributed by atoms with Crippen LogP contribution in [0.2, 0.25) is 0 Å². The predicted octanol–water partition coefficient (Wildman–Crippen LogP) is 9.96. The zero-order valence-electron chi connectivity index (χ0n) is 25.9. The van der Waals surface area contributed by atoms with E-state index in [1.165, 1.54) is 92.9 Å². The smallest absolute Gasteiger partial charge is 0.0395 e. The van der Waals surface area contributed by atoms with Gasteiger partial charge in [-0.3, -0.25) is 4.99 Å². The highest BCUT2D eigenvalue weighted by Gasteiger charge is 2.43. The highest BCUT2D eigenvalue weighted by molar-refractivity contribution is 6.04. The van der Waals surface area contributed by atoms with E-state index in [1.54, 1.807) is 5.57 Å². The van der Waals surface area contributed by atoms with Crippen LogP contribution in [-0.4, -0.2) is 25.8 Å². The summed E-state index contributed by atoms with van der Waals surface area (Å²) in [5, 5.41) is 3.60. The summed E-state index contributed by atoms with van der Waals surface area (Å²) in [6, 6.07) is 0. The summed E-state index contributed by atoms with van der Waals surface area (Å²) in [7, 11) is 1.96. The molecule has 1 unspecified atom stereocenters. The molecule has 4 aliphatic rings. The van der Waals surface area contributed by atoms with Crippen molar-refractivity contribution in [2.24, 2.45) is 28.2 Å². The number of allylic oxidation sites excluding steroid dienone is 7. The average molecular weight is 519 g/mol. The van der Waals surface area contributed by atoms with E-state index in [-0.39, 0.29) is 0 Å². The van der Waals surface area contributed by atoms with Crippen LogP contribution in [0.1, 0.15) is 118 Å². The third-order valence-corrected chi connectivity index (χ3v) is 9.84. The fourth-order valence-corrected chi connectivity index (χ4v) is 7.14. The molecule has 4 aliphatic carbocycles. The summed E-state index contributed by atoms with van der Waals surface area (Å²) >= 11 is 0. The van der Waals surface area contributed by atoms with Gasteiger partial charge in [-0.25, -0.2) is 0 Å². The van der Waals surface area contributed by atoms with Gasteiger partial charge in [0.15, 0.2) is 0 Å². The van der Waals surface area contributed by atoms with Crippen molar-refractivity contribution < 1.29 is 0 Å². The van der Waals surface area contributed by atoms with Crippen molar-refractivity contribution in [1.29, 1.82) is 0 Å². The summed E-state index contributed by atoms with van der Waals surface area (Å²) < 4.78 is 0. The normalized spacial score (nSPS) is 26.1. The van der Waals surface area contributed by atoms with Gasteiger partial charge in [-0.15, -0.1) is 0 Å². The lowest BCUT2D eigenvalue weighted by molar-refractivity contribution is 0.0321. The van der Waals surface area contributed by atoms with E-state index in [2.05, 4.69) is 65.2 Å². The Morgan fingerprint density at radius 1 is 1.08 bits per heavy atom. The molecular formula is C36H58N2. The van der Waals surface area contributed by atoms with Crippen molar-refractivity contribution in [3.05, 3.63) is 58.7 Å². The van der Waals surface area contributed by atoms with Crippen LogP contribution in [-0.2, 0) is 0 Å². The van der Waals surface area contributed by atoms with E-state index in [4.69, 9.17) is 4.99 Å². The standard InChI is InChI=1S/C36H58N2/c1-26(2)25-38-22-18-28(5)23-33(27(3)4)35(30(7)37-8)34(32-13-11-9-10-12-14-32)24-29(6)36-19-15-31(16-20-36)17-21-36/h13,24,26,29,31,38H,3,5,9-12,14-23,25H2,1-2,4,6-8H3/b34-24-,35-33+,37-30-. The van der Waals surface area contributed by atoms with E-state index in [9.17, 15) is 0 Å². The van der Waals surface area contributed by atoms with Gasteiger partial charge >= 0.3 is 0 Å². The van der Waals surface area contributed by atoms with Gasteiger partial charge in [0.2, 0.25) is 0 Å². The first-order valence-corrected chi connectivity index (χ1v) is 15.8. The molecule has 38 heavy (non-hydrogen) atoms. The Morgan fingerprint density at radius 2 is 1.76 bits per heavy atom. The van der Waals surface area contributed by atoms with Crippen LogP contribution < -0.4 is 5.32 Å². The molecule has 0 amide bonds. The first-order valence-electron chi connectivity index (χ1n) is 15.8. The summed E-state index contributed by atoms with van der Waals surface area (Å²) in [5.41, 5.74) is 9.78. The van der Waals surface area contributed by atoms with Crippen molar-refractivity contribution in [1.82, 2.24) is 5.32 Å². The van der Waals surface area contributed by atoms with Gasteiger partial charge in [0, 0.05) is 18.3 Å². The van der Waals surface area contributed by atoms with Gasteiger partial charge in [-0.2, -0.15) is 0 Å². The molecule has 2 bridgehead atoms. The fraction of sp³-hybridized carbons (Fsp3) is 0.694. The average Bonchev–Trinajstić information content (AvgIpc) is 3.20. The van der Waals surface area contributed by atoms with Gasteiger partial charge in [-0.1, -0.05) is 63.6 Å². The molecule has 4 rings (SSSR count). The Hall–Kier alpha value is -1.67. The number of fused-ring (bicyclic) bond motifs is 3. The van der Waals surface area contributed by atoms with Crippen LogP contribution in [0.3, 0.4) is 0 Å². The Bertz CT molecular complexity index is 932. The molecule has 0 saturated heterocycles. The largest absolute Gasteiger partial charge is 0.316 e. The first kappa shape index (κ1) is 30.9. The molecular weight excluding hydrogens is 460 g/mol. The molecule has 1 N–H and O–H groups in total. The third kappa shape index (κ3) is 8.17. The summed E-state index contributed by atoms with van der Waals surface area (Å²) in [5.74, 6) is 2.25. The van der Waals surface area contributed by atoms with E-state index in [1.807, 2.05) is 7.05 Å². The molecule has 0 aromatic heterocycles. The van der Waals surface area contributed by atoms with Gasteiger partial charge < -0.3 is 5.32 Å². The van der Waals surface area contributed by atoms with Crippen LogP contribution in [0.25, 0.3) is 0 Å². The van der Waals surface area contributed by atoms with Crippen LogP contribution in [0.15, 0.2) is 63.7 Å². The Labute approximate surface area is 235 Å². The second-order valence-electron chi connectivity index (χ2n) is 13.3. The molecule has 0 heterocycles. The first-order chi connectivity index (χ1) is 18.2. The lowest BCUT2D eigenvalue weighted by atomic mass is 9.55. The molecule has 212 valence electrons. The van der Waals surface area contributed by atoms with E-state index >= 15 is 0 Å². The van der Waals surface area contributed by atoms with Gasteiger partial charge in [0.25, 0.3) is 0 Å². The second kappa shape index (κ2) is 14.6. The summed E-state index contributed by atoms with van der Waals surface area (Å²) in [6.45, 7) is 22.5. The molecule has 2 nitrogen and oxygen atoms in total. The molecule has 0 radical (unpaired) electrons. The topological polar surface area (TPSA) is 24.4 Å². The van der Waals surface area contributed by atoms with Crippen molar-refractivity contribution in [3.8, 4) is 0 Å². The molecule has 3 saturated carbocycles. The lowest BCUT2D eigenvalue weighted by Gasteiger charge is -2.49. The van der Waals surface area contributed by atoms with Crippen LogP contribution in [0.5, 0.6) is 0 Å². The number of aliphatic imine (C=N–C) groups is 1. The zero-order chi connectivity index (χ0) is 27.7. The van der Waals surface area contributed by atoms with Gasteiger partial charge in [0.1, 0.15) is 0 Å². The second-order valence-corrected chi connectivity index (χ2v) is 13.3. The van der Waals surface area contributed by atoms with Crippen molar-refractivity contribution >= 4 is 5.71 Å². The van der Waals surface area contributed by atoms with Crippen LogP contribution in [0.4, 0.5) is 0 Å². The van der Waals surface area contributed by atoms with E-state index in [0.29, 0.717) is 17.3 Å². The van der Waals surface area contributed by atoms with Crippen LogP contribution in [0, 0.1) is 23.2 Å². The number of nitrogens with one attached hydrogen (secondary N) is 1. The summed E-state index contributed by atoms with van der Waals surface area (Å²) in [4.78, 5) is 4.81. The molecule has 0 aromatic carbocycles. The van der Waals surface area contributed by atoms with Gasteiger partial charge in [0.05, 0.1) is 0 Å². The van der Waals surface area contributed by atoms with Crippen molar-refractivity contribution in [3.63, 3.8) is 0 Å². The van der Waals surface area contributed by atoms with Crippen molar-refractivity contribution in [2.45, 2.75) is 118 Å². The summed E-state index contributed by atoms with van der Waals surface area (Å²) in [6.07, 6.45) is 22.0. The fourth-order valence-electron chi connectivity index (χ4n) is 7.14. The van der Waals surface area contributed by atoms with E-state index in [0.717, 1.165) is 43.1 Å². The Morgan fingerprint density at radius 3 is 2.37 bits per heavy atom. The molecule has 0 spiro atoms. The minimum atomic E-state index is 0.489. The molecule has 3 fully saturated rings. The lowest BCUT2D eigenvalue weighted by Crippen LogP contribution is -2.38. The van der Waals surface area contributed by atoms with E-state index < -0.39 is 0 Å².